The molecule has 0 bridgehead atoms. The molecule has 0 aliphatic carbocycles. The number of hydrogen-bond donors (Lipinski definition) is 5. The fraction of sp³-hybridized carbons (Fsp3) is 0.357. The van der Waals surface area contributed by atoms with Crippen LogP contribution in [-0.2, 0) is 14.3 Å². The van der Waals surface area contributed by atoms with E-state index in [1.165, 1.54) is 19.4 Å². The first-order valence-electron chi connectivity index (χ1n) is 13.1. The third kappa shape index (κ3) is 8.90. The van der Waals surface area contributed by atoms with Gasteiger partial charge in [-0.25, -0.2) is 14.4 Å². The summed E-state index contributed by atoms with van der Waals surface area (Å²) in [5.41, 5.74) is 4.19. The Morgan fingerprint density at radius 2 is 1.81 bits per heavy atom. The standard InChI is InChI=1S/C28H33ClN4O10/c1-5-40-20-11-17(25-24(27(37)39-4)15(3)31-28(38)32-25)7-8-19(20)42-13-22(34)33-30-12-16-9-18(29)26(43-14-23(35)36)21(10-16)41-6-2/h7-12,22,25,33-34H,5-6,13-14H2,1-4H3,(H,35,36)(H2,31,32,38)/b30-12-/t22-,25-/m1/s1. The molecule has 2 aromatic carbocycles. The minimum Gasteiger partial charge on any atom is -0.490 e. The molecule has 2 atom stereocenters. The van der Waals surface area contributed by atoms with Crippen LogP contribution in [0.15, 0.2) is 46.7 Å². The van der Waals surface area contributed by atoms with Gasteiger partial charge < -0.3 is 44.5 Å². The van der Waals surface area contributed by atoms with Gasteiger partial charge in [-0.15, -0.1) is 0 Å². The highest BCUT2D eigenvalue weighted by Gasteiger charge is 2.32. The zero-order valence-electron chi connectivity index (χ0n) is 23.9. The van der Waals surface area contributed by atoms with Gasteiger partial charge in [-0.2, -0.15) is 5.10 Å². The number of carbonyl (C=O) groups is 3. The van der Waals surface area contributed by atoms with E-state index in [0.717, 1.165) is 0 Å². The topological polar surface area (TPSA) is 186 Å². The van der Waals surface area contributed by atoms with E-state index < -0.39 is 36.8 Å². The maximum absolute atomic E-state index is 12.4. The number of carboxylic acids is 1. The summed E-state index contributed by atoms with van der Waals surface area (Å²) in [5.74, 6) is -0.793. The highest BCUT2D eigenvalue weighted by atomic mass is 35.5. The van der Waals surface area contributed by atoms with Crippen molar-refractivity contribution >= 4 is 35.8 Å². The Hall–Kier alpha value is -4.69. The number of halogens is 1. The predicted octanol–water partition coefficient (Wildman–Crippen LogP) is 2.72. The van der Waals surface area contributed by atoms with Crippen molar-refractivity contribution in [2.45, 2.75) is 33.0 Å². The van der Waals surface area contributed by atoms with Crippen LogP contribution in [-0.4, -0.2) is 74.2 Å². The van der Waals surface area contributed by atoms with E-state index in [4.69, 9.17) is 40.4 Å². The van der Waals surface area contributed by atoms with Gasteiger partial charge in [0.05, 0.1) is 43.2 Å². The molecule has 1 aliphatic heterocycles. The molecule has 3 rings (SSSR count). The second kappa shape index (κ2) is 15.5. The number of hydrogen-bond acceptors (Lipinski definition) is 11. The summed E-state index contributed by atoms with van der Waals surface area (Å²) in [5, 5.41) is 28.7. The molecule has 5 N–H and O–H groups in total. The summed E-state index contributed by atoms with van der Waals surface area (Å²) in [6, 6.07) is 6.69. The number of nitrogens with one attached hydrogen (secondary N) is 3. The van der Waals surface area contributed by atoms with Crippen LogP contribution in [0.3, 0.4) is 0 Å². The lowest BCUT2D eigenvalue weighted by Gasteiger charge is -2.28. The van der Waals surface area contributed by atoms with Crippen molar-refractivity contribution in [3.63, 3.8) is 0 Å². The quantitative estimate of drug-likeness (QED) is 0.0853. The number of aliphatic carboxylic acids is 1. The maximum atomic E-state index is 12.4. The van der Waals surface area contributed by atoms with Crippen molar-refractivity contribution in [1.29, 1.82) is 0 Å². The number of urea groups is 1. The molecule has 2 amide bonds. The fourth-order valence-corrected chi connectivity index (χ4v) is 4.29. The lowest BCUT2D eigenvalue weighted by molar-refractivity contribution is -0.139. The second-order valence-corrected chi connectivity index (χ2v) is 9.27. The largest absolute Gasteiger partial charge is 0.490 e. The number of allylic oxidation sites excluding steroid dienone is 1. The van der Waals surface area contributed by atoms with E-state index in [1.54, 1.807) is 45.0 Å². The summed E-state index contributed by atoms with van der Waals surface area (Å²) >= 11 is 6.25. The van der Waals surface area contributed by atoms with E-state index in [9.17, 15) is 19.5 Å². The zero-order chi connectivity index (χ0) is 31.5. The Bertz CT molecular complexity index is 1400. The summed E-state index contributed by atoms with van der Waals surface area (Å²) in [7, 11) is 1.25. The van der Waals surface area contributed by atoms with Crippen LogP contribution < -0.4 is 35.0 Å². The number of methoxy groups -OCH3 is 1. The number of aliphatic hydroxyl groups excluding tert-OH is 1. The van der Waals surface area contributed by atoms with Gasteiger partial charge in [-0.1, -0.05) is 17.7 Å². The lowest BCUT2D eigenvalue weighted by atomic mass is 9.95. The van der Waals surface area contributed by atoms with E-state index in [0.29, 0.717) is 34.9 Å². The van der Waals surface area contributed by atoms with Crippen LogP contribution in [0, 0.1) is 0 Å². The van der Waals surface area contributed by atoms with Crippen LogP contribution in [0.2, 0.25) is 5.02 Å². The van der Waals surface area contributed by atoms with Crippen molar-refractivity contribution < 1.29 is 48.3 Å². The van der Waals surface area contributed by atoms with Crippen LogP contribution in [0.25, 0.3) is 0 Å². The maximum Gasteiger partial charge on any atom is 0.341 e. The number of carbonyl (C=O) groups excluding carboxylic acids is 2. The van der Waals surface area contributed by atoms with Gasteiger partial charge >= 0.3 is 18.0 Å². The Labute approximate surface area is 252 Å². The van der Waals surface area contributed by atoms with Crippen molar-refractivity contribution in [3.05, 3.63) is 57.8 Å². The molecule has 0 saturated heterocycles. The van der Waals surface area contributed by atoms with Crippen molar-refractivity contribution in [1.82, 2.24) is 16.1 Å². The van der Waals surface area contributed by atoms with Gasteiger partial charge in [-0.05, 0) is 56.2 Å². The molecule has 1 aliphatic rings. The van der Waals surface area contributed by atoms with E-state index in [2.05, 4.69) is 21.2 Å². The number of aliphatic hydroxyl groups is 1. The molecule has 14 nitrogen and oxygen atoms in total. The number of benzene rings is 2. The first kappa shape index (κ1) is 32.8. The molecular formula is C28H33ClN4O10. The second-order valence-electron chi connectivity index (χ2n) is 8.86. The summed E-state index contributed by atoms with van der Waals surface area (Å²) in [6.45, 7) is 4.92. The number of ether oxygens (including phenoxy) is 5. The molecule has 2 aromatic rings. The average Bonchev–Trinajstić information content (AvgIpc) is 2.95. The molecule has 0 radical (unpaired) electrons. The third-order valence-corrected chi connectivity index (χ3v) is 6.06. The summed E-state index contributed by atoms with van der Waals surface area (Å²) in [4.78, 5) is 35.4. The molecule has 0 saturated carbocycles. The number of hydrazone groups is 1. The minimum absolute atomic E-state index is 0.0933. The Morgan fingerprint density at radius 1 is 1.09 bits per heavy atom. The number of amides is 2. The SMILES string of the molecule is CCOc1cc([C@H]2NC(=O)NC(C)=C2C(=O)OC)ccc1OC[C@@H](O)N/N=C\c1cc(Cl)c(OCC(=O)O)c(OCC)c1. The molecule has 232 valence electrons. The van der Waals surface area contributed by atoms with Gasteiger partial charge in [-0.3, -0.25) is 5.43 Å². The fourth-order valence-electron chi connectivity index (χ4n) is 4.02. The van der Waals surface area contributed by atoms with Gasteiger partial charge in [0.15, 0.2) is 35.8 Å². The van der Waals surface area contributed by atoms with E-state index in [-0.39, 0.29) is 35.3 Å². The normalized spacial score (nSPS) is 15.3. The van der Waals surface area contributed by atoms with Gasteiger partial charge in [0.2, 0.25) is 0 Å². The molecule has 15 heteroatoms. The Morgan fingerprint density at radius 3 is 2.49 bits per heavy atom. The number of esters is 1. The van der Waals surface area contributed by atoms with E-state index in [1.807, 2.05) is 0 Å². The first-order valence-corrected chi connectivity index (χ1v) is 13.5. The van der Waals surface area contributed by atoms with E-state index >= 15 is 0 Å². The van der Waals surface area contributed by atoms with Crippen molar-refractivity contribution in [3.8, 4) is 23.0 Å². The summed E-state index contributed by atoms with van der Waals surface area (Å²) in [6.07, 6.45) is 0.145. The molecular weight excluding hydrogens is 588 g/mol. The number of rotatable bonds is 15. The molecule has 0 aromatic heterocycles. The predicted molar refractivity (Wildman–Crippen MR) is 155 cm³/mol. The smallest absolute Gasteiger partial charge is 0.341 e. The van der Waals surface area contributed by atoms with Gasteiger partial charge in [0.1, 0.15) is 6.61 Å². The highest BCUT2D eigenvalue weighted by Crippen LogP contribution is 2.37. The van der Waals surface area contributed by atoms with Crippen molar-refractivity contribution in [2.75, 3.05) is 33.5 Å². The van der Waals surface area contributed by atoms with Gasteiger partial charge in [0.25, 0.3) is 0 Å². The monoisotopic (exact) mass is 620 g/mol. The van der Waals surface area contributed by atoms with Crippen LogP contribution >= 0.6 is 11.6 Å². The third-order valence-electron chi connectivity index (χ3n) is 5.78. The Balaban J connectivity index is 1.69. The molecule has 0 fully saturated rings. The Kier molecular flexibility index (Phi) is 11.8. The van der Waals surface area contributed by atoms with Crippen LogP contribution in [0.5, 0.6) is 23.0 Å². The van der Waals surface area contributed by atoms with Gasteiger partial charge in [0, 0.05) is 5.70 Å². The molecule has 0 spiro atoms. The lowest BCUT2D eigenvalue weighted by Crippen LogP contribution is -2.45. The van der Waals surface area contributed by atoms with Crippen molar-refractivity contribution in [2.24, 2.45) is 5.10 Å². The van der Waals surface area contributed by atoms with Crippen LogP contribution in [0.1, 0.15) is 37.9 Å². The molecule has 43 heavy (non-hydrogen) atoms. The summed E-state index contributed by atoms with van der Waals surface area (Å²) < 4.78 is 27.1. The average molecular weight is 621 g/mol. The number of nitrogens with zero attached hydrogens (tertiary/aromatic N) is 1. The molecule has 1 heterocycles. The highest BCUT2D eigenvalue weighted by molar-refractivity contribution is 6.32. The van der Waals surface area contributed by atoms with Crippen LogP contribution in [0.4, 0.5) is 4.79 Å². The molecule has 0 unspecified atom stereocenters. The minimum atomic E-state index is -1.23. The number of carboxylic acid groups (broad SMARTS) is 1. The zero-order valence-corrected chi connectivity index (χ0v) is 24.7. The first-order chi connectivity index (χ1) is 20.6.